The molecule has 0 radical (unpaired) electrons. The molecule has 4 rings (SSSR count). The van der Waals surface area contributed by atoms with Gasteiger partial charge in [0.05, 0.1) is 12.6 Å². The summed E-state index contributed by atoms with van der Waals surface area (Å²) in [6.45, 7) is 2.53. The lowest BCUT2D eigenvalue weighted by Crippen LogP contribution is -2.49. The van der Waals surface area contributed by atoms with E-state index in [9.17, 15) is 9.59 Å². The van der Waals surface area contributed by atoms with Gasteiger partial charge in [-0.1, -0.05) is 60.7 Å². The molecule has 0 bridgehead atoms. The molecule has 6 nitrogen and oxygen atoms in total. The van der Waals surface area contributed by atoms with Crippen molar-refractivity contribution < 1.29 is 4.79 Å². The Labute approximate surface area is 170 Å². The minimum Gasteiger partial charge on any atom is -0.328 e. The first kappa shape index (κ1) is 19.1. The third kappa shape index (κ3) is 4.27. The number of amides is 1. The average molecular weight is 388 g/mol. The van der Waals surface area contributed by atoms with Gasteiger partial charge in [0.25, 0.3) is 11.5 Å². The largest absolute Gasteiger partial charge is 0.328 e. The van der Waals surface area contributed by atoms with Crippen LogP contribution in [0.25, 0.3) is 0 Å². The number of hydrogen-bond acceptors (Lipinski definition) is 4. The normalized spacial score (nSPS) is 17.3. The summed E-state index contributed by atoms with van der Waals surface area (Å²) in [5.74, 6) is -0.145. The monoisotopic (exact) mass is 388 g/mol. The van der Waals surface area contributed by atoms with E-state index >= 15 is 0 Å². The summed E-state index contributed by atoms with van der Waals surface area (Å²) in [4.78, 5) is 29.7. The molecule has 1 aliphatic rings. The number of carbonyl (C=O) groups excluding carboxylic acids is 1. The van der Waals surface area contributed by atoms with Crippen molar-refractivity contribution in [3.8, 4) is 0 Å². The Morgan fingerprint density at radius 2 is 1.66 bits per heavy atom. The summed E-state index contributed by atoms with van der Waals surface area (Å²) < 4.78 is 1.36. The van der Waals surface area contributed by atoms with E-state index in [2.05, 4.69) is 17.0 Å². The molecule has 0 spiro atoms. The number of carbonyl (C=O) groups is 1. The molecular weight excluding hydrogens is 364 g/mol. The zero-order chi connectivity index (χ0) is 20.2. The van der Waals surface area contributed by atoms with Crippen LogP contribution in [0.3, 0.4) is 0 Å². The van der Waals surface area contributed by atoms with Crippen LogP contribution in [0.1, 0.15) is 27.7 Å². The second-order valence-corrected chi connectivity index (χ2v) is 7.39. The third-order valence-corrected chi connectivity index (χ3v) is 5.29. The molecule has 3 aromatic rings. The van der Waals surface area contributed by atoms with Crippen LogP contribution >= 0.6 is 0 Å². The van der Waals surface area contributed by atoms with Crippen LogP contribution in [-0.4, -0.2) is 52.2 Å². The van der Waals surface area contributed by atoms with Crippen molar-refractivity contribution in [2.24, 2.45) is 0 Å². The molecule has 0 aliphatic carbocycles. The smallest absolute Gasteiger partial charge is 0.274 e. The number of hydrogen-bond donors (Lipinski definition) is 0. The molecule has 0 saturated carbocycles. The molecule has 1 fully saturated rings. The van der Waals surface area contributed by atoms with Gasteiger partial charge in [0.2, 0.25) is 0 Å². The average Bonchev–Trinajstić information content (AvgIpc) is 2.76. The fourth-order valence-corrected chi connectivity index (χ4v) is 3.70. The number of piperazine rings is 1. The number of likely N-dealkylation sites (N-methyl/N-ethyl adjacent to an activating group) is 1. The number of benzene rings is 2. The molecule has 2 heterocycles. The van der Waals surface area contributed by atoms with Crippen LogP contribution in [0.2, 0.25) is 0 Å². The van der Waals surface area contributed by atoms with Crippen molar-refractivity contribution in [1.29, 1.82) is 0 Å². The van der Waals surface area contributed by atoms with Crippen molar-refractivity contribution in [3.05, 3.63) is 100.0 Å². The SMILES string of the molecule is CN1CCN(C(=O)c2ccc(=O)n(Cc3ccccc3)n2)C(c2ccccc2)C1. The van der Waals surface area contributed by atoms with E-state index in [1.807, 2.05) is 65.6 Å². The standard InChI is InChI=1S/C23H24N4O2/c1-25-14-15-26(21(17-25)19-10-6-3-7-11-19)23(29)20-12-13-22(28)27(24-20)16-18-8-4-2-5-9-18/h2-13,21H,14-17H2,1H3. The quantitative estimate of drug-likeness (QED) is 0.689. The van der Waals surface area contributed by atoms with Crippen LogP contribution in [0.5, 0.6) is 0 Å². The third-order valence-electron chi connectivity index (χ3n) is 5.29. The van der Waals surface area contributed by atoms with Gasteiger partial charge in [-0.3, -0.25) is 9.59 Å². The number of aromatic nitrogens is 2. The highest BCUT2D eigenvalue weighted by molar-refractivity contribution is 5.92. The van der Waals surface area contributed by atoms with Crippen molar-refractivity contribution in [2.45, 2.75) is 12.6 Å². The second kappa shape index (κ2) is 8.41. The predicted molar refractivity (Wildman–Crippen MR) is 112 cm³/mol. The second-order valence-electron chi connectivity index (χ2n) is 7.39. The van der Waals surface area contributed by atoms with Gasteiger partial charge in [-0.25, -0.2) is 4.68 Å². The highest BCUT2D eigenvalue weighted by atomic mass is 16.2. The van der Waals surface area contributed by atoms with Crippen LogP contribution < -0.4 is 5.56 Å². The van der Waals surface area contributed by atoms with Gasteiger partial charge in [-0.2, -0.15) is 5.10 Å². The fourth-order valence-electron chi connectivity index (χ4n) is 3.70. The minimum absolute atomic E-state index is 0.0428. The Morgan fingerprint density at radius 3 is 2.38 bits per heavy atom. The predicted octanol–water partition coefficient (Wildman–Crippen LogP) is 2.42. The Hall–Kier alpha value is -3.25. The summed E-state index contributed by atoms with van der Waals surface area (Å²) >= 11 is 0. The Balaban J connectivity index is 1.62. The van der Waals surface area contributed by atoms with E-state index in [0.29, 0.717) is 18.8 Å². The van der Waals surface area contributed by atoms with Crippen LogP contribution in [-0.2, 0) is 6.54 Å². The zero-order valence-electron chi connectivity index (χ0n) is 16.4. The Bertz CT molecular complexity index is 1030. The first-order valence-corrected chi connectivity index (χ1v) is 9.78. The summed E-state index contributed by atoms with van der Waals surface area (Å²) in [5.41, 5.74) is 2.15. The first-order chi connectivity index (χ1) is 14.1. The summed E-state index contributed by atoms with van der Waals surface area (Å²) in [7, 11) is 2.07. The lowest BCUT2D eigenvalue weighted by atomic mass is 10.0. The van der Waals surface area contributed by atoms with Gasteiger partial charge < -0.3 is 9.80 Å². The molecule has 1 aromatic heterocycles. The molecular formula is C23H24N4O2. The zero-order valence-corrected chi connectivity index (χ0v) is 16.4. The van der Waals surface area contributed by atoms with Crippen molar-refractivity contribution in [1.82, 2.24) is 19.6 Å². The molecule has 1 aliphatic heterocycles. The van der Waals surface area contributed by atoms with Gasteiger partial charge in [0.15, 0.2) is 0 Å². The Morgan fingerprint density at radius 1 is 0.966 bits per heavy atom. The summed E-state index contributed by atoms with van der Waals surface area (Å²) in [5, 5.41) is 4.39. The maximum absolute atomic E-state index is 13.3. The maximum atomic E-state index is 13.3. The van der Waals surface area contributed by atoms with E-state index in [1.165, 1.54) is 16.8 Å². The van der Waals surface area contributed by atoms with Crippen molar-refractivity contribution >= 4 is 5.91 Å². The van der Waals surface area contributed by atoms with Gasteiger partial charge in [0, 0.05) is 25.7 Å². The molecule has 1 amide bonds. The first-order valence-electron chi connectivity index (χ1n) is 9.78. The molecule has 29 heavy (non-hydrogen) atoms. The Kier molecular flexibility index (Phi) is 5.53. The van der Waals surface area contributed by atoms with Gasteiger partial charge >= 0.3 is 0 Å². The van der Waals surface area contributed by atoms with E-state index in [1.54, 1.807) is 0 Å². The number of nitrogens with zero attached hydrogens (tertiary/aromatic N) is 4. The minimum atomic E-state index is -0.219. The molecule has 0 N–H and O–H groups in total. The molecule has 148 valence electrons. The van der Waals surface area contributed by atoms with Gasteiger partial charge in [0.1, 0.15) is 5.69 Å². The van der Waals surface area contributed by atoms with Crippen LogP contribution in [0, 0.1) is 0 Å². The molecule has 1 atom stereocenters. The van der Waals surface area contributed by atoms with E-state index in [-0.39, 0.29) is 17.5 Å². The van der Waals surface area contributed by atoms with Crippen molar-refractivity contribution in [3.63, 3.8) is 0 Å². The number of rotatable bonds is 4. The summed E-state index contributed by atoms with van der Waals surface area (Å²) in [6.07, 6.45) is 0. The molecule has 1 saturated heterocycles. The van der Waals surface area contributed by atoms with Gasteiger partial charge in [-0.05, 0) is 24.2 Å². The van der Waals surface area contributed by atoms with E-state index in [4.69, 9.17) is 0 Å². The van der Waals surface area contributed by atoms with Crippen LogP contribution in [0.15, 0.2) is 77.6 Å². The van der Waals surface area contributed by atoms with Crippen LogP contribution in [0.4, 0.5) is 0 Å². The lowest BCUT2D eigenvalue weighted by molar-refractivity contribution is 0.0489. The fraction of sp³-hybridized carbons (Fsp3) is 0.261. The highest BCUT2D eigenvalue weighted by Crippen LogP contribution is 2.26. The molecule has 2 aromatic carbocycles. The van der Waals surface area contributed by atoms with E-state index < -0.39 is 0 Å². The topological polar surface area (TPSA) is 58.4 Å². The molecule has 6 heteroatoms. The highest BCUT2D eigenvalue weighted by Gasteiger charge is 2.31. The lowest BCUT2D eigenvalue weighted by Gasteiger charge is -2.40. The van der Waals surface area contributed by atoms with Crippen molar-refractivity contribution in [2.75, 3.05) is 26.7 Å². The maximum Gasteiger partial charge on any atom is 0.274 e. The van der Waals surface area contributed by atoms with E-state index in [0.717, 1.165) is 24.2 Å². The summed E-state index contributed by atoms with van der Waals surface area (Å²) in [6, 6.07) is 22.6. The molecule has 1 unspecified atom stereocenters. The van der Waals surface area contributed by atoms with Gasteiger partial charge in [-0.15, -0.1) is 0 Å².